The minimum Gasteiger partial charge on any atom is -0.394 e. The van der Waals surface area contributed by atoms with Gasteiger partial charge in [-0.15, -0.1) is 0 Å². The van der Waals surface area contributed by atoms with E-state index in [1.807, 2.05) is 19.9 Å². The zero-order chi connectivity index (χ0) is 16.0. The van der Waals surface area contributed by atoms with Crippen molar-refractivity contribution in [2.75, 3.05) is 44.2 Å². The molecule has 0 bridgehead atoms. The third-order valence-corrected chi connectivity index (χ3v) is 4.02. The van der Waals surface area contributed by atoms with Gasteiger partial charge in [-0.2, -0.15) is 0 Å². The largest absolute Gasteiger partial charge is 0.394 e. The van der Waals surface area contributed by atoms with Crippen molar-refractivity contribution < 1.29 is 9.90 Å². The number of hydrogen-bond donors (Lipinski definition) is 2. The molecule has 5 heteroatoms. The predicted molar refractivity (Wildman–Crippen MR) is 89.0 cm³/mol. The number of carbonyl (C=O) groups is 1. The van der Waals surface area contributed by atoms with Crippen LogP contribution in [0, 0.1) is 0 Å². The quantitative estimate of drug-likeness (QED) is 0.826. The van der Waals surface area contributed by atoms with Gasteiger partial charge < -0.3 is 15.3 Å². The molecule has 1 aliphatic heterocycles. The molecule has 2 rings (SSSR count). The monoisotopic (exact) mass is 305 g/mol. The molecule has 1 saturated heterocycles. The van der Waals surface area contributed by atoms with Crippen LogP contribution in [0.2, 0.25) is 0 Å². The van der Waals surface area contributed by atoms with E-state index in [1.54, 1.807) is 0 Å². The van der Waals surface area contributed by atoms with Crippen molar-refractivity contribution in [1.82, 2.24) is 10.2 Å². The van der Waals surface area contributed by atoms with Crippen molar-refractivity contribution in [3.63, 3.8) is 0 Å². The number of carbonyl (C=O) groups excluding carboxylic acids is 1. The molecule has 1 aliphatic rings. The predicted octanol–water partition coefficient (Wildman–Crippen LogP) is 1.09. The molecule has 5 nitrogen and oxygen atoms in total. The lowest BCUT2D eigenvalue weighted by Gasteiger charge is -2.36. The molecule has 1 aromatic rings. The molecule has 0 atom stereocenters. The van der Waals surface area contributed by atoms with Crippen molar-refractivity contribution >= 4 is 11.6 Å². The van der Waals surface area contributed by atoms with Crippen LogP contribution in [-0.2, 0) is 4.79 Å². The summed E-state index contributed by atoms with van der Waals surface area (Å²) in [6, 6.07) is 10.4. The van der Waals surface area contributed by atoms with Crippen molar-refractivity contribution in [2.24, 2.45) is 0 Å². The Morgan fingerprint density at radius 1 is 1.18 bits per heavy atom. The number of nitrogens with one attached hydrogen (secondary N) is 1. The molecule has 2 N–H and O–H groups in total. The van der Waals surface area contributed by atoms with Crippen LogP contribution in [0.5, 0.6) is 0 Å². The van der Waals surface area contributed by atoms with E-state index < -0.39 is 5.54 Å². The standard InChI is InChI=1S/C17H27N3O2/c1-17(2,14-21)18-16(22)8-9-19-10-12-20(13-11-19)15-6-4-3-5-7-15/h3-7,21H,8-14H2,1-2H3,(H,18,22). The maximum Gasteiger partial charge on any atom is 0.221 e. The molecule has 1 aromatic carbocycles. The molecule has 0 radical (unpaired) electrons. The highest BCUT2D eigenvalue weighted by Gasteiger charge is 2.21. The summed E-state index contributed by atoms with van der Waals surface area (Å²) in [5, 5.41) is 12.0. The second-order valence-corrected chi connectivity index (χ2v) is 6.50. The highest BCUT2D eigenvalue weighted by atomic mass is 16.3. The number of piperazine rings is 1. The molecular weight excluding hydrogens is 278 g/mol. The Kier molecular flexibility index (Phi) is 5.80. The second kappa shape index (κ2) is 7.61. The minimum atomic E-state index is -0.539. The first-order valence-corrected chi connectivity index (χ1v) is 7.94. The van der Waals surface area contributed by atoms with Crippen LogP contribution in [-0.4, -0.2) is 60.8 Å². The fourth-order valence-corrected chi connectivity index (χ4v) is 2.61. The summed E-state index contributed by atoms with van der Waals surface area (Å²) in [6.45, 7) is 8.32. The number of amides is 1. The third kappa shape index (κ3) is 5.00. The van der Waals surface area contributed by atoms with Crippen LogP contribution >= 0.6 is 0 Å². The van der Waals surface area contributed by atoms with E-state index in [9.17, 15) is 4.79 Å². The highest BCUT2D eigenvalue weighted by molar-refractivity contribution is 5.76. The first-order valence-electron chi connectivity index (χ1n) is 7.94. The van der Waals surface area contributed by atoms with Gasteiger partial charge in [0, 0.05) is 44.8 Å². The van der Waals surface area contributed by atoms with Crippen molar-refractivity contribution in [1.29, 1.82) is 0 Å². The van der Waals surface area contributed by atoms with E-state index in [4.69, 9.17) is 5.11 Å². The second-order valence-electron chi connectivity index (χ2n) is 6.50. The van der Waals surface area contributed by atoms with Gasteiger partial charge in [-0.1, -0.05) is 18.2 Å². The van der Waals surface area contributed by atoms with Crippen molar-refractivity contribution in [3.8, 4) is 0 Å². The average Bonchev–Trinajstić information content (AvgIpc) is 2.54. The van der Waals surface area contributed by atoms with Crippen molar-refractivity contribution in [3.05, 3.63) is 30.3 Å². The first kappa shape index (κ1) is 16.8. The Balaban J connectivity index is 1.71. The van der Waals surface area contributed by atoms with Gasteiger partial charge in [-0.3, -0.25) is 9.69 Å². The summed E-state index contributed by atoms with van der Waals surface area (Å²) in [5.41, 5.74) is 0.730. The zero-order valence-corrected chi connectivity index (χ0v) is 13.6. The number of aliphatic hydroxyl groups excluding tert-OH is 1. The summed E-state index contributed by atoms with van der Waals surface area (Å²) < 4.78 is 0. The first-order chi connectivity index (χ1) is 10.5. The van der Waals surface area contributed by atoms with Crippen molar-refractivity contribution in [2.45, 2.75) is 25.8 Å². The summed E-state index contributed by atoms with van der Waals surface area (Å²) in [7, 11) is 0. The number of aliphatic hydroxyl groups is 1. The molecule has 122 valence electrons. The number of benzene rings is 1. The molecule has 1 amide bonds. The van der Waals surface area contributed by atoms with Gasteiger partial charge in [0.2, 0.25) is 5.91 Å². The summed E-state index contributed by atoms with van der Waals surface area (Å²) in [4.78, 5) is 16.6. The lowest BCUT2D eigenvalue weighted by molar-refractivity contribution is -0.123. The van der Waals surface area contributed by atoms with E-state index in [-0.39, 0.29) is 12.5 Å². The van der Waals surface area contributed by atoms with E-state index >= 15 is 0 Å². The molecule has 22 heavy (non-hydrogen) atoms. The van der Waals surface area contributed by atoms with Gasteiger partial charge in [0.25, 0.3) is 0 Å². The molecule has 0 aromatic heterocycles. The lowest BCUT2D eigenvalue weighted by Crippen LogP contribution is -2.49. The van der Waals surface area contributed by atoms with Gasteiger partial charge in [0.1, 0.15) is 0 Å². The molecular formula is C17H27N3O2. The van der Waals surface area contributed by atoms with Crippen LogP contribution in [0.4, 0.5) is 5.69 Å². The van der Waals surface area contributed by atoms with Crippen LogP contribution in [0.1, 0.15) is 20.3 Å². The number of rotatable bonds is 6. The molecule has 0 aliphatic carbocycles. The van der Waals surface area contributed by atoms with Crippen LogP contribution in [0.25, 0.3) is 0 Å². The van der Waals surface area contributed by atoms with E-state index in [0.717, 1.165) is 32.7 Å². The van der Waals surface area contributed by atoms with Crippen LogP contribution in [0.3, 0.4) is 0 Å². The molecule has 1 fully saturated rings. The summed E-state index contributed by atoms with van der Waals surface area (Å²) >= 11 is 0. The molecule has 0 spiro atoms. The number of para-hydroxylation sites is 1. The fraction of sp³-hybridized carbons (Fsp3) is 0.588. The topological polar surface area (TPSA) is 55.8 Å². The van der Waals surface area contributed by atoms with Crippen LogP contribution < -0.4 is 10.2 Å². The smallest absolute Gasteiger partial charge is 0.221 e. The normalized spacial score (nSPS) is 16.6. The average molecular weight is 305 g/mol. The Morgan fingerprint density at radius 2 is 1.82 bits per heavy atom. The van der Waals surface area contributed by atoms with Gasteiger partial charge in [-0.25, -0.2) is 0 Å². The highest BCUT2D eigenvalue weighted by Crippen LogP contribution is 2.15. The summed E-state index contributed by atoms with van der Waals surface area (Å²) in [6.07, 6.45) is 0.481. The molecule has 0 saturated carbocycles. The minimum absolute atomic E-state index is 0.00420. The van der Waals surface area contributed by atoms with E-state index in [2.05, 4.69) is 39.4 Å². The SMILES string of the molecule is CC(C)(CO)NC(=O)CCN1CCN(c2ccccc2)CC1. The Hall–Kier alpha value is -1.59. The van der Waals surface area contributed by atoms with E-state index in [1.165, 1.54) is 5.69 Å². The van der Waals surface area contributed by atoms with Crippen LogP contribution in [0.15, 0.2) is 30.3 Å². The summed E-state index contributed by atoms with van der Waals surface area (Å²) in [5.74, 6) is 0.00420. The molecule has 0 unspecified atom stereocenters. The Bertz CT molecular complexity index is 468. The number of nitrogens with zero attached hydrogens (tertiary/aromatic N) is 2. The van der Waals surface area contributed by atoms with Gasteiger partial charge in [-0.05, 0) is 26.0 Å². The number of hydrogen-bond acceptors (Lipinski definition) is 4. The lowest BCUT2D eigenvalue weighted by atomic mass is 10.1. The maximum atomic E-state index is 11.9. The van der Waals surface area contributed by atoms with Gasteiger partial charge in [0.05, 0.1) is 12.1 Å². The maximum absolute atomic E-state index is 11.9. The third-order valence-electron chi connectivity index (χ3n) is 4.02. The van der Waals surface area contributed by atoms with E-state index in [0.29, 0.717) is 6.42 Å². The van der Waals surface area contributed by atoms with Gasteiger partial charge in [0.15, 0.2) is 0 Å². The molecule has 1 heterocycles. The fourth-order valence-electron chi connectivity index (χ4n) is 2.61. The van der Waals surface area contributed by atoms with Gasteiger partial charge >= 0.3 is 0 Å². The Morgan fingerprint density at radius 3 is 2.41 bits per heavy atom. The number of anilines is 1. The zero-order valence-electron chi connectivity index (χ0n) is 13.6. The Labute approximate surface area is 132 Å².